The zero-order valence-corrected chi connectivity index (χ0v) is 23.9. The molecule has 0 radical (unpaired) electrons. The van der Waals surface area contributed by atoms with Crippen molar-refractivity contribution in [2.45, 2.75) is 0 Å². The minimum absolute atomic E-state index is 0.917. The van der Waals surface area contributed by atoms with Crippen LogP contribution in [0.1, 0.15) is 0 Å². The number of benzene rings is 8. The lowest BCUT2D eigenvalue weighted by Crippen LogP contribution is -2.12. The second-order valence-corrected chi connectivity index (χ2v) is 11.3. The lowest BCUT2D eigenvalue weighted by Gasteiger charge is -2.30. The third-order valence-corrected chi connectivity index (χ3v) is 8.82. The molecule has 0 aliphatic heterocycles. The number of hydrogen-bond donors (Lipinski definition) is 0. The minimum Gasteiger partial charge on any atom is -0.455 e. The lowest BCUT2D eigenvalue weighted by atomic mass is 9.97. The summed E-state index contributed by atoms with van der Waals surface area (Å²) in [6.45, 7) is 0. The summed E-state index contributed by atoms with van der Waals surface area (Å²) in [5, 5.41) is 9.47. The summed E-state index contributed by atoms with van der Waals surface area (Å²) in [6, 6.07) is 58.6. The first-order valence-electron chi connectivity index (χ1n) is 15.0. The van der Waals surface area contributed by atoms with Crippen LogP contribution in [-0.4, -0.2) is 0 Å². The van der Waals surface area contributed by atoms with Crippen LogP contribution in [0.25, 0.3) is 65.4 Å². The molecule has 0 unspecified atom stereocenters. The van der Waals surface area contributed by atoms with Gasteiger partial charge in [-0.1, -0.05) is 121 Å². The van der Waals surface area contributed by atoms with Crippen molar-refractivity contribution in [3.05, 3.63) is 164 Å². The molecule has 0 saturated heterocycles. The Bertz CT molecular complexity index is 2510. The largest absolute Gasteiger partial charge is 0.455 e. The first-order valence-corrected chi connectivity index (χ1v) is 15.0. The number of hydrogen-bond acceptors (Lipinski definition) is 2. The zero-order valence-electron chi connectivity index (χ0n) is 23.9. The fraction of sp³-hybridized carbons (Fsp3) is 0. The summed E-state index contributed by atoms with van der Waals surface area (Å²) >= 11 is 0. The van der Waals surface area contributed by atoms with Gasteiger partial charge in [0.1, 0.15) is 11.2 Å². The van der Waals surface area contributed by atoms with Gasteiger partial charge in [0.05, 0.1) is 11.4 Å². The van der Waals surface area contributed by atoms with E-state index in [2.05, 4.69) is 157 Å². The highest BCUT2D eigenvalue weighted by Gasteiger charge is 2.21. The van der Waals surface area contributed by atoms with Gasteiger partial charge < -0.3 is 9.32 Å². The molecule has 1 heterocycles. The topological polar surface area (TPSA) is 16.4 Å². The standard InChI is InChI=1S/C42H27NO/c1-2-12-28(13-3-1)33-16-8-10-20-39(33)43(40-27-29-14-4-5-15-32(29)35-17-6-7-18-36(35)40)31-23-25-34-30(26-31)22-24-38-37-19-9-11-21-41(37)44-42(34)38/h1-27H. The number of fused-ring (bicyclic) bond motifs is 8. The smallest absolute Gasteiger partial charge is 0.143 e. The second kappa shape index (κ2) is 9.86. The molecular weight excluding hydrogens is 534 g/mol. The number of nitrogens with zero attached hydrogens (tertiary/aromatic N) is 1. The summed E-state index contributed by atoms with van der Waals surface area (Å²) in [4.78, 5) is 2.43. The molecule has 0 atom stereocenters. The fourth-order valence-corrected chi connectivity index (χ4v) is 6.80. The average Bonchev–Trinajstić information content (AvgIpc) is 3.48. The van der Waals surface area contributed by atoms with Crippen molar-refractivity contribution >= 4 is 71.3 Å². The Morgan fingerprint density at radius 2 is 1.05 bits per heavy atom. The van der Waals surface area contributed by atoms with Crippen molar-refractivity contribution in [1.29, 1.82) is 0 Å². The predicted octanol–water partition coefficient (Wildman–Crippen LogP) is 12.2. The van der Waals surface area contributed by atoms with Crippen molar-refractivity contribution in [2.24, 2.45) is 0 Å². The van der Waals surface area contributed by atoms with E-state index in [0.717, 1.165) is 49.8 Å². The molecule has 8 aromatic carbocycles. The zero-order chi connectivity index (χ0) is 29.0. The normalized spacial score (nSPS) is 11.6. The molecule has 2 nitrogen and oxygen atoms in total. The summed E-state index contributed by atoms with van der Waals surface area (Å²) in [5.74, 6) is 0. The Hall–Kier alpha value is -5.86. The molecular formula is C42H27NO. The van der Waals surface area contributed by atoms with Crippen LogP contribution in [0.15, 0.2) is 168 Å². The van der Waals surface area contributed by atoms with Crippen LogP contribution in [0.4, 0.5) is 17.1 Å². The molecule has 2 heteroatoms. The van der Waals surface area contributed by atoms with E-state index in [9.17, 15) is 0 Å². The number of para-hydroxylation sites is 2. The van der Waals surface area contributed by atoms with Crippen LogP contribution in [0, 0.1) is 0 Å². The highest BCUT2D eigenvalue weighted by Crippen LogP contribution is 2.46. The maximum atomic E-state index is 6.40. The maximum Gasteiger partial charge on any atom is 0.143 e. The number of rotatable bonds is 4. The van der Waals surface area contributed by atoms with Gasteiger partial charge in [-0.2, -0.15) is 0 Å². The lowest BCUT2D eigenvalue weighted by molar-refractivity contribution is 0.672. The molecule has 0 fully saturated rings. The van der Waals surface area contributed by atoms with Crippen molar-refractivity contribution in [2.75, 3.05) is 4.90 Å². The third-order valence-electron chi connectivity index (χ3n) is 8.82. The Labute approximate surface area is 255 Å². The van der Waals surface area contributed by atoms with E-state index < -0.39 is 0 Å². The molecule has 0 N–H and O–H groups in total. The monoisotopic (exact) mass is 561 g/mol. The molecule has 0 amide bonds. The summed E-state index contributed by atoms with van der Waals surface area (Å²) < 4.78 is 6.40. The van der Waals surface area contributed by atoms with Crippen LogP contribution >= 0.6 is 0 Å². The van der Waals surface area contributed by atoms with E-state index in [1.54, 1.807) is 0 Å². The maximum absolute atomic E-state index is 6.40. The van der Waals surface area contributed by atoms with E-state index in [-0.39, 0.29) is 0 Å². The van der Waals surface area contributed by atoms with Crippen molar-refractivity contribution < 1.29 is 4.42 Å². The average molecular weight is 562 g/mol. The fourth-order valence-electron chi connectivity index (χ4n) is 6.80. The first kappa shape index (κ1) is 24.7. The Morgan fingerprint density at radius 3 is 1.93 bits per heavy atom. The first-order chi connectivity index (χ1) is 21.8. The summed E-state index contributed by atoms with van der Waals surface area (Å²) in [6.07, 6.45) is 0. The molecule has 1 aromatic heterocycles. The SMILES string of the molecule is c1ccc(-c2ccccc2N(c2ccc3c(ccc4c5ccccc5oc34)c2)c2cc3ccccc3c3ccccc23)cc1. The van der Waals surface area contributed by atoms with Crippen molar-refractivity contribution in [1.82, 2.24) is 0 Å². The Morgan fingerprint density at radius 1 is 0.386 bits per heavy atom. The molecule has 9 aromatic rings. The Kier molecular flexibility index (Phi) is 5.54. The van der Waals surface area contributed by atoms with E-state index in [0.29, 0.717) is 0 Å². The van der Waals surface area contributed by atoms with Gasteiger partial charge in [0.25, 0.3) is 0 Å². The van der Waals surface area contributed by atoms with E-state index >= 15 is 0 Å². The molecule has 44 heavy (non-hydrogen) atoms. The summed E-state index contributed by atoms with van der Waals surface area (Å²) in [7, 11) is 0. The van der Waals surface area contributed by atoms with Gasteiger partial charge in [0.15, 0.2) is 0 Å². The van der Waals surface area contributed by atoms with E-state index in [4.69, 9.17) is 4.42 Å². The molecule has 9 rings (SSSR count). The van der Waals surface area contributed by atoms with Crippen LogP contribution < -0.4 is 4.90 Å². The predicted molar refractivity (Wildman–Crippen MR) is 186 cm³/mol. The van der Waals surface area contributed by atoms with Crippen LogP contribution in [0.5, 0.6) is 0 Å². The third kappa shape index (κ3) is 3.82. The molecule has 0 aliphatic rings. The number of furan rings is 1. The van der Waals surface area contributed by atoms with Crippen LogP contribution in [0.2, 0.25) is 0 Å². The Balaban J connectivity index is 1.35. The molecule has 206 valence electrons. The van der Waals surface area contributed by atoms with Gasteiger partial charge in [-0.25, -0.2) is 0 Å². The van der Waals surface area contributed by atoms with E-state index in [1.807, 2.05) is 12.1 Å². The van der Waals surface area contributed by atoms with Gasteiger partial charge in [-0.05, 0) is 69.6 Å². The molecule has 0 bridgehead atoms. The minimum atomic E-state index is 0.917. The van der Waals surface area contributed by atoms with Gasteiger partial charge in [0, 0.05) is 32.8 Å². The molecule has 0 spiro atoms. The summed E-state index contributed by atoms with van der Waals surface area (Å²) in [5.41, 5.74) is 7.58. The molecule has 0 saturated carbocycles. The van der Waals surface area contributed by atoms with Crippen LogP contribution in [0.3, 0.4) is 0 Å². The van der Waals surface area contributed by atoms with Crippen molar-refractivity contribution in [3.8, 4) is 11.1 Å². The quantitative estimate of drug-likeness (QED) is 0.199. The van der Waals surface area contributed by atoms with Gasteiger partial charge in [-0.3, -0.25) is 0 Å². The van der Waals surface area contributed by atoms with Crippen LogP contribution in [-0.2, 0) is 0 Å². The van der Waals surface area contributed by atoms with Gasteiger partial charge >= 0.3 is 0 Å². The second-order valence-electron chi connectivity index (χ2n) is 11.3. The highest BCUT2D eigenvalue weighted by atomic mass is 16.3. The van der Waals surface area contributed by atoms with E-state index in [1.165, 1.54) is 32.7 Å². The molecule has 0 aliphatic carbocycles. The van der Waals surface area contributed by atoms with Crippen molar-refractivity contribution in [3.63, 3.8) is 0 Å². The highest BCUT2D eigenvalue weighted by molar-refractivity contribution is 6.17. The number of anilines is 3. The van der Waals surface area contributed by atoms with Gasteiger partial charge in [-0.15, -0.1) is 0 Å². The van der Waals surface area contributed by atoms with Gasteiger partial charge in [0.2, 0.25) is 0 Å².